The van der Waals surface area contributed by atoms with Crippen molar-refractivity contribution in [3.8, 4) is 0 Å². The largest absolute Gasteiger partial charge is 0.408 e. The summed E-state index contributed by atoms with van der Waals surface area (Å²) in [6.45, 7) is 2.31. The number of nitrogens with zero attached hydrogens (tertiary/aromatic N) is 2. The molecule has 3 atom stereocenters. The number of morpholine rings is 1. The topological polar surface area (TPSA) is 44.8 Å². The molecule has 2 aliphatic heterocycles. The quantitative estimate of drug-likeness (QED) is 0.831. The fourth-order valence-electron chi connectivity index (χ4n) is 4.21. The summed E-state index contributed by atoms with van der Waals surface area (Å²) in [5.74, 6) is -0.493. The van der Waals surface area contributed by atoms with E-state index in [1.54, 1.807) is 0 Å². The third kappa shape index (κ3) is 3.79. The Morgan fingerprint density at radius 3 is 2.58 bits per heavy atom. The Morgan fingerprint density at radius 2 is 1.92 bits per heavy atom. The summed E-state index contributed by atoms with van der Waals surface area (Å²) in [7, 11) is 1.97. The predicted octanol–water partition coefficient (Wildman–Crippen LogP) is 2.22. The highest BCUT2D eigenvalue weighted by Gasteiger charge is 2.47. The Hall–Kier alpha value is -1.02. The van der Waals surface area contributed by atoms with Crippen LogP contribution in [0.15, 0.2) is 0 Å². The van der Waals surface area contributed by atoms with Crippen molar-refractivity contribution in [3.05, 3.63) is 0 Å². The minimum Gasteiger partial charge on any atom is -0.375 e. The first-order valence-corrected chi connectivity index (χ1v) is 8.80. The lowest BCUT2D eigenvalue weighted by Gasteiger charge is -2.46. The predicted molar refractivity (Wildman–Crippen MR) is 82.7 cm³/mol. The second-order valence-electron chi connectivity index (χ2n) is 7.21. The van der Waals surface area contributed by atoms with E-state index < -0.39 is 24.2 Å². The van der Waals surface area contributed by atoms with Crippen LogP contribution in [-0.4, -0.2) is 73.5 Å². The Kier molecular flexibility index (Phi) is 5.24. The van der Waals surface area contributed by atoms with Gasteiger partial charge in [-0.1, -0.05) is 12.8 Å². The van der Waals surface area contributed by atoms with E-state index >= 15 is 0 Å². The number of alkyl halides is 3. The molecule has 2 saturated heterocycles. The van der Waals surface area contributed by atoms with E-state index in [1.807, 2.05) is 7.05 Å². The molecule has 1 saturated carbocycles. The van der Waals surface area contributed by atoms with Gasteiger partial charge in [-0.2, -0.15) is 13.2 Å². The summed E-state index contributed by atoms with van der Waals surface area (Å²) in [6, 6.07) is -2.26. The number of hydrogen-bond donors (Lipinski definition) is 1. The molecule has 24 heavy (non-hydrogen) atoms. The maximum absolute atomic E-state index is 13.4. The van der Waals surface area contributed by atoms with Crippen LogP contribution in [0.4, 0.5) is 18.0 Å². The number of ether oxygens (including phenoxy) is 1. The Labute approximate surface area is 140 Å². The van der Waals surface area contributed by atoms with Gasteiger partial charge in [0.2, 0.25) is 0 Å². The van der Waals surface area contributed by atoms with Gasteiger partial charge in [0.05, 0.1) is 18.8 Å². The summed E-state index contributed by atoms with van der Waals surface area (Å²) in [5.41, 5.74) is 0. The zero-order valence-electron chi connectivity index (χ0n) is 14.0. The lowest BCUT2D eigenvalue weighted by molar-refractivity contribution is -0.165. The number of hydrogen-bond acceptors (Lipinski definition) is 3. The highest BCUT2D eigenvalue weighted by molar-refractivity contribution is 5.75. The van der Waals surface area contributed by atoms with Crippen LogP contribution < -0.4 is 5.32 Å². The van der Waals surface area contributed by atoms with Crippen LogP contribution >= 0.6 is 0 Å². The summed E-state index contributed by atoms with van der Waals surface area (Å²) >= 11 is 0. The number of rotatable bonds is 2. The van der Waals surface area contributed by atoms with E-state index in [9.17, 15) is 18.0 Å². The first-order chi connectivity index (χ1) is 11.4. The molecule has 1 N–H and O–H groups in total. The average molecular weight is 349 g/mol. The highest BCUT2D eigenvalue weighted by Crippen LogP contribution is 2.36. The maximum Gasteiger partial charge on any atom is 0.408 e. The molecule has 0 spiro atoms. The van der Waals surface area contributed by atoms with Crippen molar-refractivity contribution in [2.45, 2.75) is 56.5 Å². The van der Waals surface area contributed by atoms with E-state index in [2.05, 4.69) is 10.2 Å². The summed E-state index contributed by atoms with van der Waals surface area (Å²) in [6.07, 6.45) is -0.972. The van der Waals surface area contributed by atoms with Crippen molar-refractivity contribution in [2.24, 2.45) is 5.92 Å². The third-order valence-corrected chi connectivity index (χ3v) is 5.65. The van der Waals surface area contributed by atoms with Gasteiger partial charge in [-0.25, -0.2) is 4.79 Å². The van der Waals surface area contributed by atoms with Crippen molar-refractivity contribution in [2.75, 3.05) is 33.3 Å². The molecular weight excluding hydrogens is 323 g/mol. The lowest BCUT2D eigenvalue weighted by Crippen LogP contribution is -2.62. The monoisotopic (exact) mass is 349 g/mol. The Morgan fingerprint density at radius 1 is 1.21 bits per heavy atom. The first kappa shape index (κ1) is 17.8. The smallest absolute Gasteiger partial charge is 0.375 e. The average Bonchev–Trinajstić information content (AvgIpc) is 3.05. The standard InChI is InChI=1S/C16H26F3N3O2/c1-21-8-9-24-13-6-7-22(10-12(13)21)15(23)20-14(16(17,18)19)11-4-2-3-5-11/h11-14H,2-10H2,1H3,(H,20,23)/t12-,13+,14+/m0/s1. The van der Waals surface area contributed by atoms with Crippen LogP contribution in [0.1, 0.15) is 32.1 Å². The fourth-order valence-corrected chi connectivity index (χ4v) is 4.21. The summed E-state index contributed by atoms with van der Waals surface area (Å²) in [4.78, 5) is 16.1. The number of nitrogens with one attached hydrogen (secondary N) is 1. The zero-order chi connectivity index (χ0) is 17.3. The molecule has 2 heterocycles. The van der Waals surface area contributed by atoms with Crippen molar-refractivity contribution in [1.29, 1.82) is 0 Å². The number of likely N-dealkylation sites (N-methyl/N-ethyl adjacent to an activating group) is 1. The fraction of sp³-hybridized carbons (Fsp3) is 0.938. The third-order valence-electron chi connectivity index (χ3n) is 5.65. The van der Waals surface area contributed by atoms with Gasteiger partial charge in [0.1, 0.15) is 6.04 Å². The van der Waals surface area contributed by atoms with Crippen LogP contribution in [0.25, 0.3) is 0 Å². The van der Waals surface area contributed by atoms with E-state index in [0.29, 0.717) is 39.0 Å². The highest BCUT2D eigenvalue weighted by atomic mass is 19.4. The molecule has 3 aliphatic rings. The molecule has 0 bridgehead atoms. The maximum atomic E-state index is 13.4. The molecule has 138 valence electrons. The molecule has 3 rings (SSSR count). The molecule has 1 aliphatic carbocycles. The van der Waals surface area contributed by atoms with E-state index in [4.69, 9.17) is 4.74 Å². The van der Waals surface area contributed by atoms with E-state index in [1.165, 1.54) is 4.90 Å². The number of amides is 2. The second kappa shape index (κ2) is 7.07. The van der Waals surface area contributed by atoms with E-state index in [0.717, 1.165) is 19.4 Å². The second-order valence-corrected chi connectivity index (χ2v) is 7.21. The molecule has 5 nitrogen and oxygen atoms in total. The molecule has 0 unspecified atom stereocenters. The van der Waals surface area contributed by atoms with E-state index in [-0.39, 0.29) is 12.1 Å². The zero-order valence-corrected chi connectivity index (χ0v) is 14.0. The van der Waals surface area contributed by atoms with Crippen LogP contribution in [0, 0.1) is 5.92 Å². The number of carbonyl (C=O) groups excluding carboxylic acids is 1. The van der Waals surface area contributed by atoms with Crippen molar-refractivity contribution in [1.82, 2.24) is 15.1 Å². The normalized spacial score (nSPS) is 30.9. The summed E-state index contributed by atoms with van der Waals surface area (Å²) in [5, 5.41) is 2.28. The van der Waals surface area contributed by atoms with Gasteiger partial charge < -0.3 is 15.0 Å². The molecule has 0 aromatic carbocycles. The lowest BCUT2D eigenvalue weighted by atomic mass is 9.97. The van der Waals surface area contributed by atoms with Crippen LogP contribution in [0.2, 0.25) is 0 Å². The molecule has 0 radical (unpaired) electrons. The number of halogens is 3. The number of carbonyl (C=O) groups is 1. The van der Waals surface area contributed by atoms with Gasteiger partial charge in [-0.05, 0) is 32.2 Å². The van der Waals surface area contributed by atoms with Crippen molar-refractivity contribution in [3.63, 3.8) is 0 Å². The first-order valence-electron chi connectivity index (χ1n) is 8.80. The Bertz CT molecular complexity index is 454. The van der Waals surface area contributed by atoms with Gasteiger partial charge in [-0.15, -0.1) is 0 Å². The van der Waals surface area contributed by atoms with Gasteiger partial charge in [-0.3, -0.25) is 4.90 Å². The van der Waals surface area contributed by atoms with Crippen LogP contribution in [0.5, 0.6) is 0 Å². The number of likely N-dealkylation sites (tertiary alicyclic amines) is 1. The summed E-state index contributed by atoms with van der Waals surface area (Å²) < 4.78 is 45.8. The molecule has 2 amide bonds. The van der Waals surface area contributed by atoms with Gasteiger partial charge in [0, 0.05) is 19.6 Å². The van der Waals surface area contributed by atoms with Gasteiger partial charge in [0.15, 0.2) is 0 Å². The number of piperidine rings is 1. The van der Waals surface area contributed by atoms with Gasteiger partial charge >= 0.3 is 12.2 Å². The molecule has 8 heteroatoms. The van der Waals surface area contributed by atoms with Crippen LogP contribution in [-0.2, 0) is 4.74 Å². The molecule has 0 aromatic rings. The minimum atomic E-state index is -4.40. The Balaban J connectivity index is 1.62. The van der Waals surface area contributed by atoms with Gasteiger partial charge in [0.25, 0.3) is 0 Å². The SMILES string of the molecule is CN1CCO[C@@H]2CCN(C(=O)N[C@H](C3CCCC3)C(F)(F)F)C[C@@H]21. The number of urea groups is 1. The van der Waals surface area contributed by atoms with Crippen molar-refractivity contribution < 1.29 is 22.7 Å². The molecule has 3 fully saturated rings. The van der Waals surface area contributed by atoms with Crippen molar-refractivity contribution >= 4 is 6.03 Å². The minimum absolute atomic E-state index is 0.0640. The molecule has 0 aromatic heterocycles. The van der Waals surface area contributed by atoms with Crippen LogP contribution in [0.3, 0.4) is 0 Å². The number of fused-ring (bicyclic) bond motifs is 1. The molecular formula is C16H26F3N3O2.